The predicted molar refractivity (Wildman–Crippen MR) is 70.8 cm³/mol. The molecule has 1 aromatic rings. The fourth-order valence-corrected chi connectivity index (χ4v) is 1.51. The molecule has 1 rings (SSSR count). The molecule has 0 saturated heterocycles. The van der Waals surface area contributed by atoms with Crippen LogP contribution in [0.4, 0.5) is 0 Å². The summed E-state index contributed by atoms with van der Waals surface area (Å²) in [5.41, 5.74) is 0.308. The van der Waals surface area contributed by atoms with Crippen LogP contribution in [0.25, 0.3) is 0 Å². The average molecular weight is 251 g/mol. The van der Waals surface area contributed by atoms with Crippen molar-refractivity contribution in [2.75, 3.05) is 13.7 Å². The van der Waals surface area contributed by atoms with Gasteiger partial charge in [0.25, 0.3) is 0 Å². The lowest BCUT2D eigenvalue weighted by molar-refractivity contribution is -0.146. The molecule has 0 unspecified atom stereocenters. The minimum atomic E-state index is -0.798. The Hall–Kier alpha value is -1.55. The van der Waals surface area contributed by atoms with Crippen LogP contribution in [-0.2, 0) is 4.79 Å². The largest absolute Gasteiger partial charge is 0.497 e. The third-order valence-corrected chi connectivity index (χ3v) is 3.02. The summed E-state index contributed by atoms with van der Waals surface area (Å²) in [4.78, 5) is 11.0. The number of carboxylic acids is 1. The molecular weight excluding hydrogens is 230 g/mol. The number of hydrogen-bond acceptors (Lipinski definition) is 3. The number of rotatable bonds is 6. The van der Waals surface area contributed by atoms with Gasteiger partial charge in [0, 0.05) is 12.6 Å². The van der Waals surface area contributed by atoms with Crippen LogP contribution in [0.2, 0.25) is 0 Å². The molecule has 1 aromatic carbocycles. The first-order chi connectivity index (χ1) is 8.36. The second-order valence-corrected chi connectivity index (χ2v) is 5.07. The average Bonchev–Trinajstić information content (AvgIpc) is 2.36. The monoisotopic (exact) mass is 251 g/mol. The zero-order valence-corrected chi connectivity index (χ0v) is 11.4. The molecule has 0 heterocycles. The Kier molecular flexibility index (Phi) is 4.73. The molecule has 0 aromatic heterocycles. The molecule has 100 valence electrons. The van der Waals surface area contributed by atoms with Gasteiger partial charge in [0.2, 0.25) is 0 Å². The molecule has 4 nitrogen and oxygen atoms in total. The lowest BCUT2D eigenvalue weighted by Gasteiger charge is -2.23. The SMILES string of the molecule is COc1cccc([C@@H](C)NCC(C)(C)C(=O)O)c1. The molecule has 0 saturated carbocycles. The lowest BCUT2D eigenvalue weighted by Crippen LogP contribution is -2.37. The van der Waals surface area contributed by atoms with Crippen molar-refractivity contribution in [3.05, 3.63) is 29.8 Å². The quantitative estimate of drug-likeness (QED) is 0.815. The van der Waals surface area contributed by atoms with Crippen molar-refractivity contribution in [3.63, 3.8) is 0 Å². The highest BCUT2D eigenvalue weighted by Gasteiger charge is 2.27. The van der Waals surface area contributed by atoms with Gasteiger partial charge in [0.05, 0.1) is 12.5 Å². The maximum absolute atomic E-state index is 11.0. The highest BCUT2D eigenvalue weighted by atomic mass is 16.5. The number of ether oxygens (including phenoxy) is 1. The van der Waals surface area contributed by atoms with Gasteiger partial charge in [0.1, 0.15) is 5.75 Å². The minimum absolute atomic E-state index is 0.0822. The normalized spacial score (nSPS) is 13.1. The van der Waals surface area contributed by atoms with E-state index in [4.69, 9.17) is 9.84 Å². The van der Waals surface area contributed by atoms with E-state index in [-0.39, 0.29) is 6.04 Å². The number of methoxy groups -OCH3 is 1. The van der Waals surface area contributed by atoms with Crippen LogP contribution in [-0.4, -0.2) is 24.7 Å². The van der Waals surface area contributed by atoms with Crippen molar-refractivity contribution in [3.8, 4) is 5.75 Å². The third kappa shape index (κ3) is 3.74. The van der Waals surface area contributed by atoms with E-state index < -0.39 is 11.4 Å². The van der Waals surface area contributed by atoms with E-state index in [1.165, 1.54) is 0 Å². The fraction of sp³-hybridized carbons (Fsp3) is 0.500. The van der Waals surface area contributed by atoms with Crippen molar-refractivity contribution < 1.29 is 14.6 Å². The summed E-state index contributed by atoms with van der Waals surface area (Å²) >= 11 is 0. The van der Waals surface area contributed by atoms with E-state index in [1.54, 1.807) is 21.0 Å². The van der Waals surface area contributed by atoms with Gasteiger partial charge >= 0.3 is 5.97 Å². The summed E-state index contributed by atoms with van der Waals surface area (Å²) in [6.07, 6.45) is 0. The summed E-state index contributed by atoms with van der Waals surface area (Å²) in [6.45, 7) is 5.84. The van der Waals surface area contributed by atoms with Gasteiger partial charge < -0.3 is 15.2 Å². The van der Waals surface area contributed by atoms with E-state index in [1.807, 2.05) is 31.2 Å². The first-order valence-electron chi connectivity index (χ1n) is 5.97. The van der Waals surface area contributed by atoms with Gasteiger partial charge in [-0.3, -0.25) is 4.79 Å². The second kappa shape index (κ2) is 5.87. The summed E-state index contributed by atoms with van der Waals surface area (Å²) in [5, 5.41) is 12.3. The Balaban J connectivity index is 2.65. The number of benzene rings is 1. The fourth-order valence-electron chi connectivity index (χ4n) is 1.51. The maximum Gasteiger partial charge on any atom is 0.310 e. The van der Waals surface area contributed by atoms with Crippen LogP contribution >= 0.6 is 0 Å². The number of carbonyl (C=O) groups is 1. The summed E-state index contributed by atoms with van der Waals surface area (Å²) < 4.78 is 5.17. The molecule has 4 heteroatoms. The molecule has 0 aliphatic rings. The number of nitrogens with one attached hydrogen (secondary N) is 1. The Bertz CT molecular complexity index is 415. The highest BCUT2D eigenvalue weighted by molar-refractivity contribution is 5.73. The Labute approximate surface area is 108 Å². The smallest absolute Gasteiger partial charge is 0.310 e. The van der Waals surface area contributed by atoms with Gasteiger partial charge in [-0.15, -0.1) is 0 Å². The molecule has 0 radical (unpaired) electrons. The molecule has 0 fully saturated rings. The topological polar surface area (TPSA) is 58.6 Å². The van der Waals surface area contributed by atoms with Crippen LogP contribution in [0.5, 0.6) is 5.75 Å². The van der Waals surface area contributed by atoms with Crippen LogP contribution in [0.3, 0.4) is 0 Å². The Morgan fingerprint density at radius 1 is 1.50 bits per heavy atom. The molecule has 2 N–H and O–H groups in total. The number of hydrogen-bond donors (Lipinski definition) is 2. The Morgan fingerprint density at radius 2 is 2.17 bits per heavy atom. The minimum Gasteiger partial charge on any atom is -0.497 e. The van der Waals surface area contributed by atoms with Crippen LogP contribution in [0.1, 0.15) is 32.4 Å². The maximum atomic E-state index is 11.0. The van der Waals surface area contributed by atoms with Crippen LogP contribution < -0.4 is 10.1 Å². The summed E-state index contributed by atoms with van der Waals surface area (Å²) in [7, 11) is 1.63. The van der Waals surface area contributed by atoms with Gasteiger partial charge in [-0.25, -0.2) is 0 Å². The van der Waals surface area contributed by atoms with Gasteiger partial charge in [-0.1, -0.05) is 12.1 Å². The van der Waals surface area contributed by atoms with E-state index in [9.17, 15) is 4.79 Å². The Morgan fingerprint density at radius 3 is 2.72 bits per heavy atom. The predicted octanol–water partition coefficient (Wildman–Crippen LogP) is 2.46. The van der Waals surface area contributed by atoms with Crippen molar-refractivity contribution in [1.29, 1.82) is 0 Å². The lowest BCUT2D eigenvalue weighted by atomic mass is 9.93. The van der Waals surface area contributed by atoms with Crippen molar-refractivity contribution in [2.24, 2.45) is 5.41 Å². The molecule has 0 aliphatic heterocycles. The van der Waals surface area contributed by atoms with Crippen molar-refractivity contribution >= 4 is 5.97 Å². The summed E-state index contributed by atoms with van der Waals surface area (Å²) in [5.74, 6) is 0.00601. The second-order valence-electron chi connectivity index (χ2n) is 5.07. The molecule has 1 atom stereocenters. The third-order valence-electron chi connectivity index (χ3n) is 3.02. The summed E-state index contributed by atoms with van der Waals surface area (Å²) in [6, 6.07) is 7.84. The zero-order valence-electron chi connectivity index (χ0n) is 11.4. The van der Waals surface area contributed by atoms with E-state index in [0.717, 1.165) is 11.3 Å². The molecule has 0 bridgehead atoms. The van der Waals surface area contributed by atoms with Crippen LogP contribution in [0, 0.1) is 5.41 Å². The molecule has 18 heavy (non-hydrogen) atoms. The van der Waals surface area contributed by atoms with E-state index in [2.05, 4.69) is 5.32 Å². The highest BCUT2D eigenvalue weighted by Crippen LogP contribution is 2.20. The number of carboxylic acid groups (broad SMARTS) is 1. The zero-order chi connectivity index (χ0) is 13.8. The standard InChI is InChI=1S/C14H21NO3/c1-10(15-9-14(2,3)13(16)17)11-6-5-7-12(8-11)18-4/h5-8,10,15H,9H2,1-4H3,(H,16,17)/t10-/m1/s1. The van der Waals surface area contributed by atoms with Gasteiger partial charge in [-0.2, -0.15) is 0 Å². The molecular formula is C14H21NO3. The van der Waals surface area contributed by atoms with Crippen molar-refractivity contribution in [1.82, 2.24) is 5.32 Å². The van der Waals surface area contributed by atoms with Gasteiger partial charge in [-0.05, 0) is 38.5 Å². The van der Waals surface area contributed by atoms with E-state index in [0.29, 0.717) is 6.54 Å². The van der Waals surface area contributed by atoms with Crippen LogP contribution in [0.15, 0.2) is 24.3 Å². The molecule has 0 spiro atoms. The van der Waals surface area contributed by atoms with Crippen molar-refractivity contribution in [2.45, 2.75) is 26.8 Å². The van der Waals surface area contributed by atoms with Gasteiger partial charge in [0.15, 0.2) is 0 Å². The number of aliphatic carboxylic acids is 1. The molecule has 0 amide bonds. The molecule has 0 aliphatic carbocycles. The van der Waals surface area contributed by atoms with E-state index >= 15 is 0 Å². The first-order valence-corrected chi connectivity index (χ1v) is 5.97. The first kappa shape index (κ1) is 14.5.